The molecule has 0 spiro atoms. The van der Waals surface area contributed by atoms with E-state index in [-0.39, 0.29) is 30.4 Å². The zero-order valence-corrected chi connectivity index (χ0v) is 18.5. The van der Waals surface area contributed by atoms with Crippen LogP contribution < -0.4 is 5.32 Å². The first-order valence-corrected chi connectivity index (χ1v) is 12.0. The van der Waals surface area contributed by atoms with Crippen molar-refractivity contribution in [2.75, 3.05) is 24.2 Å². The van der Waals surface area contributed by atoms with Crippen LogP contribution in [0.3, 0.4) is 0 Å². The molecule has 1 aliphatic heterocycles. The van der Waals surface area contributed by atoms with Gasteiger partial charge in [0.1, 0.15) is 0 Å². The molecule has 0 bridgehead atoms. The number of nitro benzene ring substituents is 1. The molecule has 0 aromatic heterocycles. The molecule has 1 fully saturated rings. The lowest BCUT2D eigenvalue weighted by Crippen LogP contribution is -2.51. The van der Waals surface area contributed by atoms with Crippen LogP contribution in [0.4, 0.5) is 11.4 Å². The smallest absolute Gasteiger partial charge is 0.274 e. The lowest BCUT2D eigenvalue weighted by Gasteiger charge is -2.40. The summed E-state index contributed by atoms with van der Waals surface area (Å²) >= 11 is 0. The Kier molecular flexibility index (Phi) is 6.76. The zero-order chi connectivity index (χ0) is 22.6. The molecule has 1 amide bonds. The zero-order valence-electron chi connectivity index (χ0n) is 17.7. The number of benzene rings is 2. The highest BCUT2D eigenvalue weighted by Gasteiger charge is 2.44. The predicted molar refractivity (Wildman–Crippen MR) is 119 cm³/mol. The van der Waals surface area contributed by atoms with E-state index in [0.29, 0.717) is 30.5 Å². The first-order chi connectivity index (χ1) is 14.7. The standard InChI is InChI=1S/C22H27N3O5S/c1-3-17-10-11-19(16-20(17)25(27)28)23-21(26)22(18-8-6-5-7-9-18)12-14-24(15-13-22)31(29,30)4-2/h5-11,16H,3-4,12-15H2,1-2H3,(H,23,26). The number of hydrogen-bond donors (Lipinski definition) is 1. The third-order valence-corrected chi connectivity index (χ3v) is 7.90. The van der Waals surface area contributed by atoms with Crippen LogP contribution in [0.2, 0.25) is 0 Å². The molecule has 1 saturated heterocycles. The summed E-state index contributed by atoms with van der Waals surface area (Å²) in [5, 5.41) is 14.2. The molecule has 166 valence electrons. The maximum absolute atomic E-state index is 13.5. The fourth-order valence-electron chi connectivity index (χ4n) is 4.09. The number of nitro groups is 1. The highest BCUT2D eigenvalue weighted by Crippen LogP contribution is 2.38. The van der Waals surface area contributed by atoms with Crippen LogP contribution in [0.5, 0.6) is 0 Å². The Morgan fingerprint density at radius 2 is 1.77 bits per heavy atom. The number of nitrogens with zero attached hydrogens (tertiary/aromatic N) is 2. The Morgan fingerprint density at radius 1 is 1.13 bits per heavy atom. The number of aryl methyl sites for hydroxylation is 1. The summed E-state index contributed by atoms with van der Waals surface area (Å²) in [4.78, 5) is 24.4. The van der Waals surface area contributed by atoms with Crippen LogP contribution >= 0.6 is 0 Å². The second-order valence-electron chi connectivity index (χ2n) is 7.66. The predicted octanol–water partition coefficient (Wildman–Crippen LogP) is 3.48. The molecule has 3 rings (SSSR count). The minimum absolute atomic E-state index is 0.0188. The second kappa shape index (κ2) is 9.15. The van der Waals surface area contributed by atoms with Crippen molar-refractivity contribution in [3.63, 3.8) is 0 Å². The maximum atomic E-state index is 13.5. The molecule has 1 heterocycles. The van der Waals surface area contributed by atoms with E-state index in [1.807, 2.05) is 37.3 Å². The summed E-state index contributed by atoms with van der Waals surface area (Å²) in [7, 11) is -3.33. The molecule has 1 aliphatic rings. The van der Waals surface area contributed by atoms with E-state index < -0.39 is 20.4 Å². The van der Waals surface area contributed by atoms with Crippen molar-refractivity contribution in [3.05, 3.63) is 69.8 Å². The first-order valence-electron chi connectivity index (χ1n) is 10.4. The number of nitrogens with one attached hydrogen (secondary N) is 1. The fourth-order valence-corrected chi connectivity index (χ4v) is 5.20. The molecule has 1 N–H and O–H groups in total. The van der Waals surface area contributed by atoms with E-state index in [1.54, 1.807) is 19.1 Å². The minimum Gasteiger partial charge on any atom is -0.325 e. The van der Waals surface area contributed by atoms with Crippen molar-refractivity contribution in [2.24, 2.45) is 0 Å². The van der Waals surface area contributed by atoms with Crippen molar-refractivity contribution in [3.8, 4) is 0 Å². The van der Waals surface area contributed by atoms with E-state index >= 15 is 0 Å². The average Bonchev–Trinajstić information content (AvgIpc) is 2.79. The van der Waals surface area contributed by atoms with Crippen LogP contribution in [0.25, 0.3) is 0 Å². The molecule has 0 saturated carbocycles. The molecule has 31 heavy (non-hydrogen) atoms. The van der Waals surface area contributed by atoms with Crippen LogP contribution in [-0.4, -0.2) is 42.4 Å². The number of carbonyl (C=O) groups is 1. The molecular weight excluding hydrogens is 418 g/mol. The molecule has 9 heteroatoms. The number of sulfonamides is 1. The summed E-state index contributed by atoms with van der Waals surface area (Å²) < 4.78 is 26.0. The third kappa shape index (κ3) is 4.62. The maximum Gasteiger partial charge on any atom is 0.274 e. The average molecular weight is 446 g/mol. The largest absolute Gasteiger partial charge is 0.325 e. The van der Waals surface area contributed by atoms with Crippen molar-refractivity contribution in [1.82, 2.24) is 4.31 Å². The SMILES string of the molecule is CCc1ccc(NC(=O)C2(c3ccccc3)CCN(S(=O)(=O)CC)CC2)cc1[N+](=O)[O-]. The minimum atomic E-state index is -3.33. The second-order valence-corrected chi connectivity index (χ2v) is 9.91. The highest BCUT2D eigenvalue weighted by molar-refractivity contribution is 7.89. The number of hydrogen-bond acceptors (Lipinski definition) is 5. The molecule has 0 aliphatic carbocycles. The van der Waals surface area contributed by atoms with Crippen molar-refractivity contribution in [2.45, 2.75) is 38.5 Å². The summed E-state index contributed by atoms with van der Waals surface area (Å²) in [6.45, 7) is 3.93. The number of piperidine rings is 1. The number of carbonyl (C=O) groups excluding carboxylic acids is 1. The molecular formula is C22H27N3O5S. The van der Waals surface area contributed by atoms with E-state index in [1.165, 1.54) is 10.4 Å². The molecule has 2 aromatic carbocycles. The number of amides is 1. The third-order valence-electron chi connectivity index (χ3n) is 6.02. The highest BCUT2D eigenvalue weighted by atomic mass is 32.2. The Morgan fingerprint density at radius 3 is 2.32 bits per heavy atom. The quantitative estimate of drug-likeness (QED) is 0.518. The van der Waals surface area contributed by atoms with E-state index in [2.05, 4.69) is 5.32 Å². The number of anilines is 1. The van der Waals surface area contributed by atoms with Crippen LogP contribution in [0.1, 0.15) is 37.8 Å². The van der Waals surface area contributed by atoms with E-state index in [4.69, 9.17) is 0 Å². The number of rotatable bonds is 7. The Balaban J connectivity index is 1.92. The summed E-state index contributed by atoms with van der Waals surface area (Å²) in [5.74, 6) is -0.267. The van der Waals surface area contributed by atoms with Gasteiger partial charge in [0.15, 0.2) is 0 Å². The lowest BCUT2D eigenvalue weighted by atomic mass is 9.72. The molecule has 8 nitrogen and oxygen atoms in total. The lowest BCUT2D eigenvalue weighted by molar-refractivity contribution is -0.385. The van der Waals surface area contributed by atoms with Gasteiger partial charge in [-0.25, -0.2) is 12.7 Å². The summed E-state index contributed by atoms with van der Waals surface area (Å²) in [5.41, 5.74) is 0.810. The van der Waals surface area contributed by atoms with Gasteiger partial charge in [0, 0.05) is 30.4 Å². The van der Waals surface area contributed by atoms with Crippen LogP contribution in [0, 0.1) is 10.1 Å². The van der Waals surface area contributed by atoms with E-state index in [0.717, 1.165) is 5.56 Å². The van der Waals surface area contributed by atoms with Crippen molar-refractivity contribution in [1.29, 1.82) is 0 Å². The topological polar surface area (TPSA) is 110 Å². The van der Waals surface area contributed by atoms with Gasteiger partial charge in [0.05, 0.1) is 16.1 Å². The van der Waals surface area contributed by atoms with Crippen LogP contribution in [-0.2, 0) is 26.7 Å². The van der Waals surface area contributed by atoms with Gasteiger partial charge in [-0.3, -0.25) is 14.9 Å². The van der Waals surface area contributed by atoms with Gasteiger partial charge < -0.3 is 5.32 Å². The van der Waals surface area contributed by atoms with Crippen molar-refractivity contribution < 1.29 is 18.1 Å². The Bertz CT molecular complexity index is 1060. The Hall–Kier alpha value is -2.78. The van der Waals surface area contributed by atoms with Crippen molar-refractivity contribution >= 4 is 27.3 Å². The summed E-state index contributed by atoms with van der Waals surface area (Å²) in [6.07, 6.45) is 1.18. The van der Waals surface area contributed by atoms with Gasteiger partial charge in [-0.15, -0.1) is 0 Å². The molecule has 2 aromatic rings. The first kappa shape index (κ1) is 22.9. The summed E-state index contributed by atoms with van der Waals surface area (Å²) in [6, 6.07) is 14.0. The fraction of sp³-hybridized carbons (Fsp3) is 0.409. The normalized spacial score (nSPS) is 16.6. The Labute approximate surface area is 182 Å². The van der Waals surface area contributed by atoms with Gasteiger partial charge in [0.25, 0.3) is 5.69 Å². The molecule has 0 unspecified atom stereocenters. The monoisotopic (exact) mass is 445 g/mol. The van der Waals surface area contributed by atoms with Gasteiger partial charge in [0.2, 0.25) is 15.9 Å². The van der Waals surface area contributed by atoms with Gasteiger partial charge in [-0.2, -0.15) is 0 Å². The molecule has 0 atom stereocenters. The molecule has 0 radical (unpaired) electrons. The van der Waals surface area contributed by atoms with E-state index in [9.17, 15) is 23.3 Å². The van der Waals surface area contributed by atoms with Gasteiger partial charge in [-0.1, -0.05) is 43.3 Å². The van der Waals surface area contributed by atoms with Crippen LogP contribution in [0.15, 0.2) is 48.5 Å². The van der Waals surface area contributed by atoms with Gasteiger partial charge in [-0.05, 0) is 37.8 Å². The van der Waals surface area contributed by atoms with Gasteiger partial charge >= 0.3 is 0 Å².